The van der Waals surface area contributed by atoms with Gasteiger partial charge in [0, 0.05) is 11.0 Å². The summed E-state index contributed by atoms with van der Waals surface area (Å²) in [5, 5.41) is 0. The maximum atomic E-state index is 6.78. The minimum absolute atomic E-state index is 0.227. The summed E-state index contributed by atoms with van der Waals surface area (Å²) in [5.74, 6) is 0. The Morgan fingerprint density at radius 2 is 1.14 bits per heavy atom. The second-order valence-electron chi connectivity index (χ2n) is 6.74. The van der Waals surface area contributed by atoms with Gasteiger partial charge in [0.15, 0.2) is 0 Å². The molecule has 3 rings (SSSR count). The molecule has 0 saturated carbocycles. The molecular weight excluding hydrogens is 586 g/mol. The summed E-state index contributed by atoms with van der Waals surface area (Å²) in [6, 6.07) is 31.6. The lowest BCUT2D eigenvalue weighted by molar-refractivity contribution is 0.00705. The molecule has 0 radical (unpaired) electrons. The van der Waals surface area contributed by atoms with E-state index in [0.717, 1.165) is 40.6 Å². The van der Waals surface area contributed by atoms with Crippen molar-refractivity contribution in [2.75, 3.05) is 17.6 Å². The minimum atomic E-state index is -0.631. The lowest BCUT2D eigenvalue weighted by atomic mass is 9.80. The molecule has 0 amide bonds. The zero-order chi connectivity index (χ0) is 20.4. The van der Waals surface area contributed by atoms with E-state index in [9.17, 15) is 0 Å². The largest absolute Gasteiger partial charge is 0.367 e. The number of halogens is 2. The van der Waals surface area contributed by atoms with Crippen LogP contribution in [0.25, 0.3) is 0 Å². The molecular formula is C25H26I2O2. The molecule has 0 fully saturated rings. The molecule has 29 heavy (non-hydrogen) atoms. The molecule has 0 N–H and O–H groups in total. The zero-order valence-corrected chi connectivity index (χ0v) is 20.7. The highest BCUT2D eigenvalue weighted by Crippen LogP contribution is 2.40. The summed E-state index contributed by atoms with van der Waals surface area (Å²) in [7, 11) is 0. The molecule has 4 heteroatoms. The van der Waals surface area contributed by atoms with Gasteiger partial charge in [0.2, 0.25) is 0 Å². The predicted molar refractivity (Wildman–Crippen MR) is 137 cm³/mol. The SMILES string of the molecule is ICCOC(I)CCCOC(c1ccccc1)(c1ccccc1)c1ccccc1. The zero-order valence-electron chi connectivity index (χ0n) is 16.3. The summed E-state index contributed by atoms with van der Waals surface area (Å²) in [4.78, 5) is 0. The highest BCUT2D eigenvalue weighted by Gasteiger charge is 2.37. The summed E-state index contributed by atoms with van der Waals surface area (Å²) >= 11 is 4.72. The molecule has 2 nitrogen and oxygen atoms in total. The monoisotopic (exact) mass is 612 g/mol. The first kappa shape index (κ1) is 22.7. The molecule has 0 spiro atoms. The van der Waals surface area contributed by atoms with Crippen LogP contribution in [0.1, 0.15) is 29.5 Å². The van der Waals surface area contributed by atoms with Crippen molar-refractivity contribution in [1.82, 2.24) is 0 Å². The third-order valence-electron chi connectivity index (χ3n) is 4.81. The predicted octanol–water partition coefficient (Wildman–Crippen LogP) is 6.99. The van der Waals surface area contributed by atoms with E-state index < -0.39 is 5.60 Å². The lowest BCUT2D eigenvalue weighted by Crippen LogP contribution is -2.33. The Hall–Kier alpha value is -0.960. The van der Waals surface area contributed by atoms with E-state index >= 15 is 0 Å². The second kappa shape index (κ2) is 12.0. The highest BCUT2D eigenvalue weighted by atomic mass is 127. The number of alkyl halides is 2. The average molecular weight is 612 g/mol. The van der Waals surface area contributed by atoms with Crippen molar-refractivity contribution in [2.24, 2.45) is 0 Å². The van der Waals surface area contributed by atoms with Gasteiger partial charge >= 0.3 is 0 Å². The molecule has 152 valence electrons. The molecule has 0 heterocycles. The van der Waals surface area contributed by atoms with Gasteiger partial charge in [0.1, 0.15) is 9.71 Å². The fourth-order valence-electron chi connectivity index (χ4n) is 3.49. The van der Waals surface area contributed by atoms with Crippen LogP contribution >= 0.6 is 45.2 Å². The smallest absolute Gasteiger partial charge is 0.143 e. The first-order valence-electron chi connectivity index (χ1n) is 9.89. The van der Waals surface area contributed by atoms with Gasteiger partial charge in [0.05, 0.1) is 6.61 Å². The van der Waals surface area contributed by atoms with E-state index in [0.29, 0.717) is 6.61 Å². The Labute approximate surface area is 201 Å². The summed E-state index contributed by atoms with van der Waals surface area (Å²) in [6.07, 6.45) is 1.93. The van der Waals surface area contributed by atoms with Crippen molar-refractivity contribution in [3.63, 3.8) is 0 Å². The second-order valence-corrected chi connectivity index (χ2v) is 9.21. The quantitative estimate of drug-likeness (QED) is 0.101. The van der Waals surface area contributed by atoms with E-state index in [4.69, 9.17) is 9.47 Å². The van der Waals surface area contributed by atoms with Gasteiger partial charge in [0.25, 0.3) is 0 Å². The molecule has 1 atom stereocenters. The van der Waals surface area contributed by atoms with Crippen LogP contribution in [0, 0.1) is 0 Å². The van der Waals surface area contributed by atoms with Gasteiger partial charge in [-0.15, -0.1) is 0 Å². The lowest BCUT2D eigenvalue weighted by Gasteiger charge is -2.36. The Kier molecular flexibility index (Phi) is 9.42. The molecule has 0 bridgehead atoms. The number of ether oxygens (including phenoxy) is 2. The van der Waals surface area contributed by atoms with Crippen LogP contribution < -0.4 is 0 Å². The molecule has 0 aliphatic rings. The van der Waals surface area contributed by atoms with E-state index in [1.165, 1.54) is 0 Å². The molecule has 0 aliphatic heterocycles. The van der Waals surface area contributed by atoms with Crippen LogP contribution in [-0.2, 0) is 15.1 Å². The van der Waals surface area contributed by atoms with Crippen LogP contribution in [0.4, 0.5) is 0 Å². The molecule has 0 aliphatic carbocycles. The Balaban J connectivity index is 1.91. The Morgan fingerprint density at radius 1 is 0.690 bits per heavy atom. The van der Waals surface area contributed by atoms with Gasteiger partial charge in [-0.25, -0.2) is 0 Å². The summed E-state index contributed by atoms with van der Waals surface area (Å²) < 4.78 is 13.8. The van der Waals surface area contributed by atoms with E-state index in [1.807, 2.05) is 0 Å². The van der Waals surface area contributed by atoms with Crippen LogP contribution in [0.3, 0.4) is 0 Å². The number of hydrogen-bond acceptors (Lipinski definition) is 2. The topological polar surface area (TPSA) is 18.5 Å². The average Bonchev–Trinajstić information content (AvgIpc) is 2.80. The van der Waals surface area contributed by atoms with E-state index in [1.54, 1.807) is 0 Å². The molecule has 1 unspecified atom stereocenters. The normalized spacial score (nSPS) is 12.6. The Morgan fingerprint density at radius 3 is 1.55 bits per heavy atom. The summed E-state index contributed by atoms with van der Waals surface area (Å²) in [5.41, 5.74) is 2.80. The number of benzene rings is 3. The standard InChI is InChI=1S/C25H26I2O2/c26-18-20-28-24(27)17-10-19-29-25(21-11-4-1-5-12-21,22-13-6-2-7-14-22)23-15-8-3-9-16-23/h1-9,11-16,24H,10,17-20H2. The van der Waals surface area contributed by atoms with E-state index in [-0.39, 0.29) is 4.11 Å². The maximum absolute atomic E-state index is 6.78. The van der Waals surface area contributed by atoms with Crippen molar-refractivity contribution >= 4 is 45.2 Å². The third kappa shape index (κ3) is 6.03. The minimum Gasteiger partial charge on any atom is -0.367 e. The Bertz CT molecular complexity index is 729. The maximum Gasteiger partial charge on any atom is 0.143 e. The van der Waals surface area contributed by atoms with Crippen LogP contribution in [0.5, 0.6) is 0 Å². The van der Waals surface area contributed by atoms with Crippen molar-refractivity contribution in [2.45, 2.75) is 22.6 Å². The summed E-state index contributed by atoms with van der Waals surface area (Å²) in [6.45, 7) is 1.46. The van der Waals surface area contributed by atoms with Crippen molar-refractivity contribution in [3.8, 4) is 0 Å². The fraction of sp³-hybridized carbons (Fsp3) is 0.280. The number of rotatable bonds is 11. The molecule has 3 aromatic rings. The van der Waals surface area contributed by atoms with Gasteiger partial charge in [-0.05, 0) is 29.5 Å². The number of hydrogen-bond donors (Lipinski definition) is 0. The van der Waals surface area contributed by atoms with Gasteiger partial charge < -0.3 is 9.47 Å². The van der Waals surface area contributed by atoms with Crippen molar-refractivity contribution in [3.05, 3.63) is 108 Å². The van der Waals surface area contributed by atoms with E-state index in [2.05, 4.69) is 136 Å². The van der Waals surface area contributed by atoms with Gasteiger partial charge in [-0.2, -0.15) is 0 Å². The fourth-order valence-corrected chi connectivity index (χ4v) is 4.44. The van der Waals surface area contributed by atoms with Gasteiger partial charge in [-0.3, -0.25) is 0 Å². The van der Waals surface area contributed by atoms with Crippen molar-refractivity contribution < 1.29 is 9.47 Å². The van der Waals surface area contributed by atoms with Crippen LogP contribution in [-0.4, -0.2) is 21.8 Å². The van der Waals surface area contributed by atoms with Crippen molar-refractivity contribution in [1.29, 1.82) is 0 Å². The highest BCUT2D eigenvalue weighted by molar-refractivity contribution is 14.1. The van der Waals surface area contributed by atoms with Gasteiger partial charge in [-0.1, -0.05) is 136 Å². The van der Waals surface area contributed by atoms with Crippen LogP contribution in [0.2, 0.25) is 0 Å². The third-order valence-corrected chi connectivity index (χ3v) is 6.23. The molecule has 0 saturated heterocycles. The van der Waals surface area contributed by atoms with Crippen LogP contribution in [0.15, 0.2) is 91.0 Å². The molecule has 0 aromatic heterocycles. The molecule has 3 aromatic carbocycles. The first-order valence-corrected chi connectivity index (χ1v) is 12.7. The first-order chi connectivity index (χ1) is 14.3.